The van der Waals surface area contributed by atoms with Gasteiger partial charge in [0.05, 0.1) is 12.0 Å². The minimum Gasteiger partial charge on any atom is -0.392 e. The van der Waals surface area contributed by atoms with Crippen LogP contribution >= 0.6 is 0 Å². The van der Waals surface area contributed by atoms with E-state index in [0.29, 0.717) is 6.42 Å². The van der Waals surface area contributed by atoms with Gasteiger partial charge < -0.3 is 10.0 Å². The Labute approximate surface area is 67.0 Å². The predicted octanol–water partition coefficient (Wildman–Crippen LogP) is 0.236. The summed E-state index contributed by atoms with van der Waals surface area (Å²) in [6, 6.07) is 0. The molecule has 1 rings (SSSR count). The average Bonchev–Trinajstić information content (AvgIpc) is 2.32. The van der Waals surface area contributed by atoms with Crippen LogP contribution in [0.3, 0.4) is 0 Å². The molecular weight excluding hydrogens is 142 g/mol. The monoisotopic (exact) mass is 157 g/mol. The summed E-state index contributed by atoms with van der Waals surface area (Å²) in [6.07, 6.45) is 1.04. The van der Waals surface area contributed by atoms with E-state index in [-0.39, 0.29) is 11.8 Å². The normalized spacial score (nSPS) is 27.7. The van der Waals surface area contributed by atoms with Gasteiger partial charge in [0.15, 0.2) is 0 Å². The molecule has 1 aliphatic rings. The van der Waals surface area contributed by atoms with E-state index in [1.165, 1.54) is 0 Å². The SMILES string of the molecule is CCC(O)C1CCN(C)C1=O. The van der Waals surface area contributed by atoms with Crippen molar-refractivity contribution in [2.75, 3.05) is 13.6 Å². The first kappa shape index (κ1) is 8.53. The molecule has 0 aliphatic carbocycles. The smallest absolute Gasteiger partial charge is 0.228 e. The molecule has 0 radical (unpaired) electrons. The van der Waals surface area contributed by atoms with Crippen LogP contribution in [0.4, 0.5) is 0 Å². The van der Waals surface area contributed by atoms with Crippen LogP contribution in [0.25, 0.3) is 0 Å². The fraction of sp³-hybridized carbons (Fsp3) is 0.875. The third-order valence-electron chi connectivity index (χ3n) is 2.35. The van der Waals surface area contributed by atoms with Gasteiger partial charge in [0.2, 0.25) is 5.91 Å². The Balaban J connectivity index is 2.54. The van der Waals surface area contributed by atoms with Crippen LogP contribution in [0.1, 0.15) is 19.8 Å². The second-order valence-electron chi connectivity index (χ2n) is 3.13. The number of amides is 1. The molecule has 1 fully saturated rings. The minimum atomic E-state index is -0.438. The Bertz CT molecular complexity index is 158. The van der Waals surface area contributed by atoms with Crippen LogP contribution in [-0.4, -0.2) is 35.6 Å². The van der Waals surface area contributed by atoms with E-state index in [2.05, 4.69) is 0 Å². The Morgan fingerprint density at radius 1 is 1.82 bits per heavy atom. The summed E-state index contributed by atoms with van der Waals surface area (Å²) in [6.45, 7) is 2.69. The average molecular weight is 157 g/mol. The third kappa shape index (κ3) is 1.53. The Morgan fingerprint density at radius 2 is 2.45 bits per heavy atom. The Hall–Kier alpha value is -0.570. The first-order valence-electron chi connectivity index (χ1n) is 4.09. The topological polar surface area (TPSA) is 40.5 Å². The maximum absolute atomic E-state index is 11.3. The molecule has 1 heterocycles. The zero-order chi connectivity index (χ0) is 8.43. The summed E-state index contributed by atoms with van der Waals surface area (Å²) in [7, 11) is 1.78. The van der Waals surface area contributed by atoms with Crippen molar-refractivity contribution in [2.45, 2.75) is 25.9 Å². The number of carbonyl (C=O) groups excluding carboxylic acids is 1. The maximum Gasteiger partial charge on any atom is 0.228 e. The Morgan fingerprint density at radius 3 is 2.82 bits per heavy atom. The maximum atomic E-state index is 11.3. The molecule has 0 saturated carbocycles. The first-order valence-corrected chi connectivity index (χ1v) is 4.09. The minimum absolute atomic E-state index is 0.0966. The predicted molar refractivity (Wildman–Crippen MR) is 42.0 cm³/mol. The molecule has 1 amide bonds. The van der Waals surface area contributed by atoms with E-state index < -0.39 is 6.10 Å². The van der Waals surface area contributed by atoms with Crippen molar-refractivity contribution >= 4 is 5.91 Å². The van der Waals surface area contributed by atoms with Crippen LogP contribution in [0, 0.1) is 5.92 Å². The highest BCUT2D eigenvalue weighted by Gasteiger charge is 2.33. The lowest BCUT2D eigenvalue weighted by atomic mass is 9.99. The van der Waals surface area contributed by atoms with Crippen LogP contribution < -0.4 is 0 Å². The molecule has 11 heavy (non-hydrogen) atoms. The van der Waals surface area contributed by atoms with Gasteiger partial charge in [-0.3, -0.25) is 4.79 Å². The van der Waals surface area contributed by atoms with Gasteiger partial charge in [-0.05, 0) is 12.8 Å². The molecule has 3 nitrogen and oxygen atoms in total. The largest absolute Gasteiger partial charge is 0.392 e. The van der Waals surface area contributed by atoms with E-state index in [1.807, 2.05) is 6.92 Å². The molecule has 0 aromatic rings. The zero-order valence-electron chi connectivity index (χ0n) is 7.08. The third-order valence-corrected chi connectivity index (χ3v) is 2.35. The molecule has 3 heteroatoms. The lowest BCUT2D eigenvalue weighted by Gasteiger charge is -2.14. The van der Waals surface area contributed by atoms with Crippen molar-refractivity contribution in [2.24, 2.45) is 5.92 Å². The van der Waals surface area contributed by atoms with Gasteiger partial charge in [-0.15, -0.1) is 0 Å². The highest BCUT2D eigenvalue weighted by atomic mass is 16.3. The van der Waals surface area contributed by atoms with Crippen LogP contribution in [-0.2, 0) is 4.79 Å². The van der Waals surface area contributed by atoms with Crippen LogP contribution in [0.5, 0.6) is 0 Å². The van der Waals surface area contributed by atoms with Gasteiger partial charge in [-0.2, -0.15) is 0 Å². The molecule has 0 aromatic heterocycles. The summed E-state index contributed by atoms with van der Waals surface area (Å²) in [5.74, 6) is -0.0376. The number of hydrogen-bond donors (Lipinski definition) is 1. The molecule has 1 saturated heterocycles. The van der Waals surface area contributed by atoms with E-state index in [4.69, 9.17) is 0 Å². The highest BCUT2D eigenvalue weighted by molar-refractivity contribution is 5.81. The van der Waals surface area contributed by atoms with Gasteiger partial charge >= 0.3 is 0 Å². The molecule has 2 atom stereocenters. The second kappa shape index (κ2) is 3.22. The number of likely N-dealkylation sites (tertiary alicyclic amines) is 1. The first-order chi connectivity index (χ1) is 5.16. The van der Waals surface area contributed by atoms with Crippen molar-refractivity contribution in [3.8, 4) is 0 Å². The molecule has 2 unspecified atom stereocenters. The molecule has 0 aromatic carbocycles. The summed E-state index contributed by atoms with van der Waals surface area (Å²) in [5, 5.41) is 9.40. The fourth-order valence-corrected chi connectivity index (χ4v) is 1.49. The van der Waals surface area contributed by atoms with E-state index in [9.17, 15) is 9.90 Å². The number of rotatable bonds is 2. The van der Waals surface area contributed by atoms with Crippen molar-refractivity contribution in [3.05, 3.63) is 0 Å². The summed E-state index contributed by atoms with van der Waals surface area (Å²) in [4.78, 5) is 13.0. The van der Waals surface area contributed by atoms with Gasteiger partial charge in [-0.1, -0.05) is 6.92 Å². The number of carbonyl (C=O) groups is 1. The summed E-state index contributed by atoms with van der Waals surface area (Å²) in [5.41, 5.74) is 0. The van der Waals surface area contributed by atoms with E-state index >= 15 is 0 Å². The van der Waals surface area contributed by atoms with Crippen molar-refractivity contribution in [1.29, 1.82) is 0 Å². The van der Waals surface area contributed by atoms with Crippen LogP contribution in [0.15, 0.2) is 0 Å². The molecule has 0 bridgehead atoms. The quantitative estimate of drug-likeness (QED) is 0.623. The van der Waals surface area contributed by atoms with Gasteiger partial charge in [0.25, 0.3) is 0 Å². The molecule has 0 spiro atoms. The lowest BCUT2D eigenvalue weighted by molar-refractivity contribution is -0.132. The van der Waals surface area contributed by atoms with Gasteiger partial charge in [0.1, 0.15) is 0 Å². The molecular formula is C8H15NO2. The zero-order valence-corrected chi connectivity index (χ0v) is 7.08. The van der Waals surface area contributed by atoms with Crippen molar-refractivity contribution in [3.63, 3.8) is 0 Å². The number of nitrogens with zero attached hydrogens (tertiary/aromatic N) is 1. The van der Waals surface area contributed by atoms with Gasteiger partial charge in [0, 0.05) is 13.6 Å². The van der Waals surface area contributed by atoms with E-state index in [0.717, 1.165) is 13.0 Å². The standard InChI is InChI=1S/C8H15NO2/c1-3-7(10)6-4-5-9(2)8(6)11/h6-7,10H,3-5H2,1-2H3. The van der Waals surface area contributed by atoms with Crippen molar-refractivity contribution in [1.82, 2.24) is 4.90 Å². The molecule has 1 N–H and O–H groups in total. The second-order valence-corrected chi connectivity index (χ2v) is 3.13. The summed E-state index contributed by atoms with van der Waals surface area (Å²) < 4.78 is 0. The number of aliphatic hydroxyl groups excluding tert-OH is 1. The Kier molecular flexibility index (Phi) is 2.49. The number of hydrogen-bond acceptors (Lipinski definition) is 2. The fourth-order valence-electron chi connectivity index (χ4n) is 1.49. The lowest BCUT2D eigenvalue weighted by Crippen LogP contribution is -2.29. The molecule has 1 aliphatic heterocycles. The highest BCUT2D eigenvalue weighted by Crippen LogP contribution is 2.21. The molecule has 64 valence electrons. The van der Waals surface area contributed by atoms with Crippen LogP contribution in [0.2, 0.25) is 0 Å². The van der Waals surface area contributed by atoms with E-state index in [1.54, 1.807) is 11.9 Å². The van der Waals surface area contributed by atoms with Gasteiger partial charge in [-0.25, -0.2) is 0 Å². The van der Waals surface area contributed by atoms with Crippen molar-refractivity contribution < 1.29 is 9.90 Å². The summed E-state index contributed by atoms with van der Waals surface area (Å²) >= 11 is 0. The number of aliphatic hydroxyl groups is 1.